The molecule has 2 amide bonds. The summed E-state index contributed by atoms with van der Waals surface area (Å²) in [5, 5.41) is 0. The number of piperazine rings is 1. The first-order valence-electron chi connectivity index (χ1n) is 9.03. The Hall–Kier alpha value is -0.750. The molecule has 6 heteroatoms. The zero-order valence-electron chi connectivity index (χ0n) is 14.2. The van der Waals surface area contributed by atoms with Crippen LogP contribution in [-0.2, 0) is 9.59 Å². The Bertz CT molecular complexity index is 426. The van der Waals surface area contributed by atoms with Gasteiger partial charge in [-0.1, -0.05) is 12.8 Å². The minimum Gasteiger partial charge on any atom is -0.340 e. The molecule has 1 atom stereocenters. The number of rotatable bonds is 3. The summed E-state index contributed by atoms with van der Waals surface area (Å²) in [6, 6.07) is 0.0507. The van der Waals surface area contributed by atoms with Crippen LogP contribution in [0, 0.1) is 5.92 Å². The van der Waals surface area contributed by atoms with E-state index in [-0.39, 0.29) is 11.9 Å². The summed E-state index contributed by atoms with van der Waals surface area (Å²) in [5.41, 5.74) is 0. The summed E-state index contributed by atoms with van der Waals surface area (Å²) < 4.78 is 0. The minimum absolute atomic E-state index is 0.0507. The van der Waals surface area contributed by atoms with Crippen LogP contribution < -0.4 is 0 Å². The van der Waals surface area contributed by atoms with E-state index in [1.54, 1.807) is 6.92 Å². The average molecular weight is 340 g/mol. The van der Waals surface area contributed by atoms with Gasteiger partial charge in [-0.25, -0.2) is 0 Å². The predicted octanol–water partition coefficient (Wildman–Crippen LogP) is 1.28. The summed E-state index contributed by atoms with van der Waals surface area (Å²) in [7, 11) is 0. The third-order valence-electron chi connectivity index (χ3n) is 5.58. The number of nitrogens with zero attached hydrogens (tertiary/aromatic N) is 3. The molecule has 0 aromatic heterocycles. The molecule has 1 aliphatic carbocycles. The van der Waals surface area contributed by atoms with Gasteiger partial charge in [-0.3, -0.25) is 14.5 Å². The lowest BCUT2D eigenvalue weighted by Crippen LogP contribution is -2.59. The van der Waals surface area contributed by atoms with Crippen molar-refractivity contribution in [2.75, 3.05) is 50.8 Å². The predicted molar refractivity (Wildman–Crippen MR) is 93.5 cm³/mol. The molecule has 0 spiro atoms. The Kier molecular flexibility index (Phi) is 5.85. The standard InChI is InChI=1S/C17H29N3O2S/c1-14(21)18-6-8-19(9-7-18)16(15-4-2-3-5-15)17(22)20-10-12-23-13-11-20/h15-16H,2-13H2,1H3. The second-order valence-corrected chi connectivity index (χ2v) is 8.19. The summed E-state index contributed by atoms with van der Waals surface area (Å²) in [6.07, 6.45) is 4.90. The largest absolute Gasteiger partial charge is 0.340 e. The molecule has 1 saturated carbocycles. The van der Waals surface area contributed by atoms with E-state index in [4.69, 9.17) is 0 Å². The van der Waals surface area contributed by atoms with Crippen LogP contribution in [0.1, 0.15) is 32.6 Å². The summed E-state index contributed by atoms with van der Waals surface area (Å²) in [6.45, 7) is 6.66. The molecule has 1 unspecified atom stereocenters. The fraction of sp³-hybridized carbons (Fsp3) is 0.882. The maximum atomic E-state index is 13.2. The number of carbonyl (C=O) groups excluding carboxylic acids is 2. The van der Waals surface area contributed by atoms with E-state index in [1.165, 1.54) is 25.7 Å². The van der Waals surface area contributed by atoms with E-state index in [0.717, 1.165) is 50.8 Å². The van der Waals surface area contributed by atoms with Crippen molar-refractivity contribution in [3.05, 3.63) is 0 Å². The normalized spacial score (nSPS) is 25.6. The van der Waals surface area contributed by atoms with Crippen LogP contribution in [0.25, 0.3) is 0 Å². The highest BCUT2D eigenvalue weighted by molar-refractivity contribution is 7.99. The number of hydrogen-bond acceptors (Lipinski definition) is 4. The lowest BCUT2D eigenvalue weighted by atomic mass is 9.94. The molecule has 3 aliphatic rings. The molecule has 5 nitrogen and oxygen atoms in total. The van der Waals surface area contributed by atoms with Gasteiger partial charge in [0.2, 0.25) is 11.8 Å². The average Bonchev–Trinajstić information content (AvgIpc) is 3.10. The van der Waals surface area contributed by atoms with Gasteiger partial charge in [0.1, 0.15) is 0 Å². The first-order chi connectivity index (χ1) is 11.2. The Balaban J connectivity index is 1.68. The van der Waals surface area contributed by atoms with E-state index in [1.807, 2.05) is 16.7 Å². The van der Waals surface area contributed by atoms with Gasteiger partial charge in [-0.2, -0.15) is 11.8 Å². The fourth-order valence-corrected chi connectivity index (χ4v) is 5.12. The summed E-state index contributed by atoms with van der Waals surface area (Å²) >= 11 is 1.95. The molecule has 2 saturated heterocycles. The maximum Gasteiger partial charge on any atom is 0.240 e. The van der Waals surface area contributed by atoms with Gasteiger partial charge in [0, 0.05) is 57.7 Å². The molecule has 0 aromatic rings. The topological polar surface area (TPSA) is 43.9 Å². The highest BCUT2D eigenvalue weighted by atomic mass is 32.2. The molecule has 23 heavy (non-hydrogen) atoms. The number of amides is 2. The molecule has 3 rings (SSSR count). The first kappa shape index (κ1) is 17.1. The third kappa shape index (κ3) is 4.02. The molecule has 3 fully saturated rings. The molecule has 2 heterocycles. The van der Waals surface area contributed by atoms with Crippen molar-refractivity contribution in [1.29, 1.82) is 0 Å². The van der Waals surface area contributed by atoms with Gasteiger partial charge in [0.05, 0.1) is 6.04 Å². The van der Waals surface area contributed by atoms with Gasteiger partial charge < -0.3 is 9.80 Å². The van der Waals surface area contributed by atoms with Gasteiger partial charge in [0.15, 0.2) is 0 Å². The molecule has 2 aliphatic heterocycles. The van der Waals surface area contributed by atoms with Gasteiger partial charge in [0.25, 0.3) is 0 Å². The quantitative estimate of drug-likeness (QED) is 0.777. The van der Waals surface area contributed by atoms with Crippen LogP contribution in [0.15, 0.2) is 0 Å². The van der Waals surface area contributed by atoms with Crippen molar-refractivity contribution in [2.24, 2.45) is 5.92 Å². The van der Waals surface area contributed by atoms with Crippen molar-refractivity contribution in [1.82, 2.24) is 14.7 Å². The zero-order valence-corrected chi connectivity index (χ0v) is 15.0. The van der Waals surface area contributed by atoms with E-state index in [9.17, 15) is 9.59 Å². The Morgan fingerprint density at radius 1 is 0.913 bits per heavy atom. The van der Waals surface area contributed by atoms with Gasteiger partial charge >= 0.3 is 0 Å². The van der Waals surface area contributed by atoms with Crippen LogP contribution in [0.4, 0.5) is 0 Å². The second-order valence-electron chi connectivity index (χ2n) is 6.97. The third-order valence-corrected chi connectivity index (χ3v) is 6.52. The SMILES string of the molecule is CC(=O)N1CCN(C(C(=O)N2CCSCC2)C2CCCC2)CC1. The zero-order chi connectivity index (χ0) is 16.2. The number of thioether (sulfide) groups is 1. The lowest BCUT2D eigenvalue weighted by Gasteiger charge is -2.42. The van der Waals surface area contributed by atoms with Gasteiger partial charge in [-0.15, -0.1) is 0 Å². The Morgan fingerprint density at radius 3 is 2.09 bits per heavy atom. The number of carbonyl (C=O) groups is 2. The first-order valence-corrected chi connectivity index (χ1v) is 10.2. The van der Waals surface area contributed by atoms with E-state index in [0.29, 0.717) is 11.8 Å². The molecular formula is C17H29N3O2S. The maximum absolute atomic E-state index is 13.2. The summed E-state index contributed by atoms with van der Waals surface area (Å²) in [4.78, 5) is 31.1. The molecule has 0 N–H and O–H groups in total. The van der Waals surface area contributed by atoms with Crippen molar-refractivity contribution >= 4 is 23.6 Å². The summed E-state index contributed by atoms with van der Waals surface area (Å²) in [5.74, 6) is 3.17. The molecule has 130 valence electrons. The minimum atomic E-state index is 0.0507. The number of hydrogen-bond donors (Lipinski definition) is 0. The highest BCUT2D eigenvalue weighted by Gasteiger charge is 2.39. The Morgan fingerprint density at radius 2 is 1.52 bits per heavy atom. The van der Waals surface area contributed by atoms with Crippen LogP contribution in [-0.4, -0.2) is 83.3 Å². The van der Waals surface area contributed by atoms with Crippen LogP contribution in [0.3, 0.4) is 0 Å². The monoisotopic (exact) mass is 339 g/mol. The second kappa shape index (κ2) is 7.88. The molecule has 0 aromatic carbocycles. The Labute approximate surface area is 143 Å². The van der Waals surface area contributed by atoms with Gasteiger partial charge in [-0.05, 0) is 18.8 Å². The van der Waals surface area contributed by atoms with E-state index < -0.39 is 0 Å². The lowest BCUT2D eigenvalue weighted by molar-refractivity contribution is -0.140. The molecule has 0 radical (unpaired) electrons. The highest BCUT2D eigenvalue weighted by Crippen LogP contribution is 2.32. The van der Waals surface area contributed by atoms with Crippen LogP contribution in [0.2, 0.25) is 0 Å². The van der Waals surface area contributed by atoms with E-state index in [2.05, 4.69) is 9.80 Å². The smallest absolute Gasteiger partial charge is 0.240 e. The van der Waals surface area contributed by atoms with Crippen molar-refractivity contribution < 1.29 is 9.59 Å². The van der Waals surface area contributed by atoms with Crippen molar-refractivity contribution in [3.8, 4) is 0 Å². The van der Waals surface area contributed by atoms with Crippen molar-refractivity contribution in [3.63, 3.8) is 0 Å². The molecule has 0 bridgehead atoms. The van der Waals surface area contributed by atoms with Crippen LogP contribution >= 0.6 is 11.8 Å². The van der Waals surface area contributed by atoms with Crippen LogP contribution in [0.5, 0.6) is 0 Å². The molecular weight excluding hydrogens is 310 g/mol. The fourth-order valence-electron chi connectivity index (χ4n) is 4.21. The van der Waals surface area contributed by atoms with Crippen molar-refractivity contribution in [2.45, 2.75) is 38.6 Å². The van der Waals surface area contributed by atoms with E-state index >= 15 is 0 Å².